The summed E-state index contributed by atoms with van der Waals surface area (Å²) in [5.74, 6) is 1.65. The molecule has 1 heterocycles. The second kappa shape index (κ2) is 6.24. The van der Waals surface area contributed by atoms with Crippen LogP contribution in [0.15, 0.2) is 18.3 Å². The van der Waals surface area contributed by atoms with Gasteiger partial charge in [0.25, 0.3) is 0 Å². The van der Waals surface area contributed by atoms with Crippen LogP contribution in [0.4, 0.5) is 5.82 Å². The Morgan fingerprint density at radius 1 is 1.33 bits per heavy atom. The van der Waals surface area contributed by atoms with E-state index >= 15 is 0 Å². The van der Waals surface area contributed by atoms with Crippen LogP contribution in [0.25, 0.3) is 0 Å². The molecule has 0 spiro atoms. The van der Waals surface area contributed by atoms with Gasteiger partial charge in [-0.1, -0.05) is 13.8 Å². The van der Waals surface area contributed by atoms with Gasteiger partial charge in [0.2, 0.25) is 0 Å². The minimum atomic E-state index is 0.524. The number of hydrogen-bond donors (Lipinski definition) is 2. The monoisotopic (exact) mass is 209 g/mol. The van der Waals surface area contributed by atoms with E-state index in [-0.39, 0.29) is 0 Å². The molecule has 0 saturated heterocycles. The Morgan fingerprint density at radius 3 is 2.67 bits per heavy atom. The smallest absolute Gasteiger partial charge is 0.137 e. The Kier molecular flexibility index (Phi) is 4.90. The van der Waals surface area contributed by atoms with Crippen LogP contribution < -0.4 is 15.4 Å². The van der Waals surface area contributed by atoms with E-state index in [0.29, 0.717) is 6.04 Å². The molecule has 0 bridgehead atoms. The molecule has 0 unspecified atom stereocenters. The molecule has 0 saturated carbocycles. The number of aromatic nitrogens is 1. The Balaban J connectivity index is 2.25. The van der Waals surface area contributed by atoms with Crippen molar-refractivity contribution >= 4 is 5.82 Å². The van der Waals surface area contributed by atoms with Crippen LogP contribution in [0.2, 0.25) is 0 Å². The first-order chi connectivity index (χ1) is 7.22. The molecule has 1 aromatic rings. The number of ether oxygens (including phenoxy) is 1. The summed E-state index contributed by atoms with van der Waals surface area (Å²) in [6.07, 6.45) is 1.71. The van der Waals surface area contributed by atoms with Crippen molar-refractivity contribution in [2.24, 2.45) is 0 Å². The number of rotatable bonds is 6. The standard InChI is InChI=1S/C11H19N3O/c1-9(2)12-6-7-13-11-5-4-10(15-3)8-14-11/h4-5,8-9,12H,6-7H2,1-3H3,(H,13,14). The number of anilines is 1. The fourth-order valence-corrected chi connectivity index (χ4v) is 1.16. The molecule has 0 aliphatic heterocycles. The molecule has 4 heteroatoms. The average molecular weight is 209 g/mol. The zero-order chi connectivity index (χ0) is 11.1. The highest BCUT2D eigenvalue weighted by molar-refractivity contribution is 5.37. The molecule has 0 radical (unpaired) electrons. The fraction of sp³-hybridized carbons (Fsp3) is 0.545. The van der Waals surface area contributed by atoms with Gasteiger partial charge in [-0.2, -0.15) is 0 Å². The summed E-state index contributed by atoms with van der Waals surface area (Å²) in [5, 5.41) is 6.55. The van der Waals surface area contributed by atoms with E-state index in [1.54, 1.807) is 13.3 Å². The molecule has 1 rings (SSSR count). The first-order valence-corrected chi connectivity index (χ1v) is 5.19. The first-order valence-electron chi connectivity index (χ1n) is 5.19. The van der Waals surface area contributed by atoms with Crippen LogP contribution in [-0.4, -0.2) is 31.2 Å². The number of nitrogens with one attached hydrogen (secondary N) is 2. The van der Waals surface area contributed by atoms with Crippen LogP contribution in [0, 0.1) is 0 Å². The molecule has 84 valence electrons. The van der Waals surface area contributed by atoms with Gasteiger partial charge in [-0.15, -0.1) is 0 Å². The maximum atomic E-state index is 5.02. The van der Waals surface area contributed by atoms with E-state index in [9.17, 15) is 0 Å². The lowest BCUT2D eigenvalue weighted by Crippen LogP contribution is -2.28. The predicted molar refractivity (Wildman–Crippen MR) is 62.4 cm³/mol. The molecule has 15 heavy (non-hydrogen) atoms. The van der Waals surface area contributed by atoms with Crippen molar-refractivity contribution in [3.63, 3.8) is 0 Å². The number of methoxy groups -OCH3 is 1. The summed E-state index contributed by atoms with van der Waals surface area (Å²) in [7, 11) is 1.64. The van der Waals surface area contributed by atoms with Crippen molar-refractivity contribution in [3.05, 3.63) is 18.3 Å². The van der Waals surface area contributed by atoms with Gasteiger partial charge in [0.1, 0.15) is 11.6 Å². The van der Waals surface area contributed by atoms with Gasteiger partial charge in [-0.25, -0.2) is 4.98 Å². The third kappa shape index (κ3) is 4.65. The summed E-state index contributed by atoms with van der Waals surface area (Å²) in [4.78, 5) is 4.20. The number of pyridine rings is 1. The molecule has 0 fully saturated rings. The van der Waals surface area contributed by atoms with Crippen molar-refractivity contribution in [2.75, 3.05) is 25.5 Å². The minimum Gasteiger partial charge on any atom is -0.495 e. The van der Waals surface area contributed by atoms with E-state index in [1.807, 2.05) is 12.1 Å². The van der Waals surface area contributed by atoms with Crippen LogP contribution in [0.3, 0.4) is 0 Å². The van der Waals surface area contributed by atoms with E-state index in [0.717, 1.165) is 24.7 Å². The van der Waals surface area contributed by atoms with E-state index in [2.05, 4.69) is 29.5 Å². The molecule has 0 atom stereocenters. The quantitative estimate of drug-likeness (QED) is 0.697. The normalized spacial score (nSPS) is 10.4. The molecule has 1 aromatic heterocycles. The molecule has 2 N–H and O–H groups in total. The van der Waals surface area contributed by atoms with Crippen LogP contribution >= 0.6 is 0 Å². The van der Waals surface area contributed by atoms with Crippen molar-refractivity contribution < 1.29 is 4.74 Å². The van der Waals surface area contributed by atoms with Gasteiger partial charge in [-0.05, 0) is 12.1 Å². The molecule has 0 amide bonds. The van der Waals surface area contributed by atoms with Gasteiger partial charge in [-0.3, -0.25) is 0 Å². The Hall–Kier alpha value is -1.29. The molecule has 4 nitrogen and oxygen atoms in total. The molecule has 0 aliphatic rings. The lowest BCUT2D eigenvalue weighted by molar-refractivity contribution is 0.413. The SMILES string of the molecule is COc1ccc(NCCNC(C)C)nc1. The van der Waals surface area contributed by atoms with E-state index in [4.69, 9.17) is 4.74 Å². The topological polar surface area (TPSA) is 46.2 Å². The Bertz CT molecular complexity index is 272. The highest BCUT2D eigenvalue weighted by Gasteiger charge is 1.95. The number of hydrogen-bond acceptors (Lipinski definition) is 4. The van der Waals surface area contributed by atoms with Crippen molar-refractivity contribution in [2.45, 2.75) is 19.9 Å². The summed E-state index contributed by atoms with van der Waals surface area (Å²) < 4.78 is 5.02. The van der Waals surface area contributed by atoms with Gasteiger partial charge < -0.3 is 15.4 Å². The second-order valence-electron chi connectivity index (χ2n) is 3.62. The van der Waals surface area contributed by atoms with Gasteiger partial charge in [0, 0.05) is 19.1 Å². The predicted octanol–water partition coefficient (Wildman–Crippen LogP) is 1.50. The molecular formula is C11H19N3O. The zero-order valence-corrected chi connectivity index (χ0v) is 9.58. The molecule has 0 aliphatic carbocycles. The summed E-state index contributed by atoms with van der Waals surface area (Å²) in [6.45, 7) is 6.07. The summed E-state index contributed by atoms with van der Waals surface area (Å²) >= 11 is 0. The largest absolute Gasteiger partial charge is 0.495 e. The summed E-state index contributed by atoms with van der Waals surface area (Å²) in [6, 6.07) is 4.33. The fourth-order valence-electron chi connectivity index (χ4n) is 1.16. The maximum Gasteiger partial charge on any atom is 0.137 e. The maximum absolute atomic E-state index is 5.02. The number of nitrogens with zero attached hydrogens (tertiary/aromatic N) is 1. The average Bonchev–Trinajstić information content (AvgIpc) is 2.25. The molecular weight excluding hydrogens is 190 g/mol. The third-order valence-electron chi connectivity index (χ3n) is 1.96. The first kappa shape index (κ1) is 11.8. The van der Waals surface area contributed by atoms with Gasteiger partial charge in [0.15, 0.2) is 0 Å². The molecule has 0 aromatic carbocycles. The second-order valence-corrected chi connectivity index (χ2v) is 3.62. The minimum absolute atomic E-state index is 0.524. The highest BCUT2D eigenvalue weighted by atomic mass is 16.5. The van der Waals surface area contributed by atoms with Crippen LogP contribution in [0.1, 0.15) is 13.8 Å². The van der Waals surface area contributed by atoms with Crippen molar-refractivity contribution in [1.29, 1.82) is 0 Å². The van der Waals surface area contributed by atoms with Gasteiger partial charge in [0.05, 0.1) is 13.3 Å². The zero-order valence-electron chi connectivity index (χ0n) is 9.58. The third-order valence-corrected chi connectivity index (χ3v) is 1.96. The lowest BCUT2D eigenvalue weighted by Gasteiger charge is -2.09. The van der Waals surface area contributed by atoms with Gasteiger partial charge >= 0.3 is 0 Å². The van der Waals surface area contributed by atoms with Crippen molar-refractivity contribution in [3.8, 4) is 5.75 Å². The Labute approximate surface area is 91.1 Å². The Morgan fingerprint density at radius 2 is 2.13 bits per heavy atom. The summed E-state index contributed by atoms with van der Waals surface area (Å²) in [5.41, 5.74) is 0. The van der Waals surface area contributed by atoms with E-state index in [1.165, 1.54) is 0 Å². The van der Waals surface area contributed by atoms with E-state index < -0.39 is 0 Å². The van der Waals surface area contributed by atoms with Crippen molar-refractivity contribution in [1.82, 2.24) is 10.3 Å². The lowest BCUT2D eigenvalue weighted by atomic mass is 10.4. The van der Waals surface area contributed by atoms with Crippen LogP contribution in [-0.2, 0) is 0 Å². The highest BCUT2D eigenvalue weighted by Crippen LogP contribution is 2.10. The van der Waals surface area contributed by atoms with Crippen LogP contribution in [0.5, 0.6) is 5.75 Å².